The lowest BCUT2D eigenvalue weighted by Gasteiger charge is -2.31. The minimum atomic E-state index is -0.0798. The summed E-state index contributed by atoms with van der Waals surface area (Å²) in [5.74, 6) is -0.0622. The average molecular weight is 383 g/mol. The Labute approximate surface area is 159 Å². The third-order valence-electron chi connectivity index (χ3n) is 4.65. The van der Waals surface area contributed by atoms with E-state index in [1.165, 1.54) is 11.3 Å². The van der Waals surface area contributed by atoms with Gasteiger partial charge in [0.15, 0.2) is 5.13 Å². The highest BCUT2D eigenvalue weighted by Gasteiger charge is 2.26. The molecule has 1 aromatic rings. The zero-order valence-corrected chi connectivity index (χ0v) is 16.5. The molecule has 0 aliphatic carbocycles. The molecule has 7 nitrogen and oxygen atoms in total. The standard InChI is InChI=1S/C18H30N4O3S/c1-13-14(2)26-18(20-13)21-16(24)12-22-9-6-7-15(11-22)17(25)19-8-4-3-5-10-23/h15,23H,3-12H2,1-2H3,(H,19,25)(H,20,21,24). The molecule has 8 heteroatoms. The van der Waals surface area contributed by atoms with Crippen LogP contribution in [-0.4, -0.2) is 59.6 Å². The molecule has 1 aliphatic rings. The zero-order chi connectivity index (χ0) is 18.9. The molecule has 2 amide bonds. The number of nitrogens with one attached hydrogen (secondary N) is 2. The van der Waals surface area contributed by atoms with Gasteiger partial charge in [0.05, 0.1) is 18.2 Å². The van der Waals surface area contributed by atoms with Gasteiger partial charge in [0, 0.05) is 24.6 Å². The van der Waals surface area contributed by atoms with Crippen molar-refractivity contribution in [3.63, 3.8) is 0 Å². The van der Waals surface area contributed by atoms with E-state index in [0.29, 0.717) is 18.2 Å². The van der Waals surface area contributed by atoms with Crippen molar-refractivity contribution in [1.29, 1.82) is 0 Å². The van der Waals surface area contributed by atoms with Crippen molar-refractivity contribution in [3.8, 4) is 0 Å². The van der Waals surface area contributed by atoms with E-state index in [1.54, 1.807) is 0 Å². The number of likely N-dealkylation sites (tertiary alicyclic amines) is 1. The summed E-state index contributed by atoms with van der Waals surface area (Å²) in [7, 11) is 0. The number of rotatable bonds is 9. The molecular weight excluding hydrogens is 352 g/mol. The summed E-state index contributed by atoms with van der Waals surface area (Å²) in [5, 5.41) is 15.2. The molecule has 2 rings (SSSR count). The minimum absolute atomic E-state index is 0.0567. The van der Waals surface area contributed by atoms with Crippen LogP contribution in [-0.2, 0) is 9.59 Å². The van der Waals surface area contributed by atoms with Crippen LogP contribution in [0.25, 0.3) is 0 Å². The topological polar surface area (TPSA) is 94.6 Å². The molecular formula is C18H30N4O3S. The van der Waals surface area contributed by atoms with Crippen molar-refractivity contribution in [1.82, 2.24) is 15.2 Å². The summed E-state index contributed by atoms with van der Waals surface area (Å²) < 4.78 is 0. The molecule has 2 heterocycles. The number of piperidine rings is 1. The lowest BCUT2D eigenvalue weighted by molar-refractivity contribution is -0.128. The number of anilines is 1. The Morgan fingerprint density at radius 1 is 1.31 bits per heavy atom. The first-order chi connectivity index (χ1) is 12.5. The first-order valence-electron chi connectivity index (χ1n) is 9.34. The summed E-state index contributed by atoms with van der Waals surface area (Å²) >= 11 is 1.48. The molecule has 1 saturated heterocycles. The van der Waals surface area contributed by atoms with E-state index in [2.05, 4.69) is 15.6 Å². The van der Waals surface area contributed by atoms with E-state index >= 15 is 0 Å². The number of carbonyl (C=O) groups is 2. The van der Waals surface area contributed by atoms with Gasteiger partial charge in [-0.15, -0.1) is 11.3 Å². The van der Waals surface area contributed by atoms with Crippen molar-refractivity contribution in [2.24, 2.45) is 5.92 Å². The van der Waals surface area contributed by atoms with Gasteiger partial charge in [-0.05, 0) is 52.5 Å². The van der Waals surface area contributed by atoms with Crippen molar-refractivity contribution in [2.75, 3.05) is 38.1 Å². The lowest BCUT2D eigenvalue weighted by Crippen LogP contribution is -2.45. The fourth-order valence-corrected chi connectivity index (χ4v) is 3.90. The zero-order valence-electron chi connectivity index (χ0n) is 15.7. The van der Waals surface area contributed by atoms with Crippen molar-refractivity contribution < 1.29 is 14.7 Å². The number of thiazole rings is 1. The number of aliphatic hydroxyl groups excluding tert-OH is 1. The number of aryl methyl sites for hydroxylation is 2. The van der Waals surface area contributed by atoms with Crippen LogP contribution in [0.2, 0.25) is 0 Å². The molecule has 0 saturated carbocycles. The number of amides is 2. The molecule has 0 spiro atoms. The van der Waals surface area contributed by atoms with Gasteiger partial charge in [0.2, 0.25) is 11.8 Å². The fourth-order valence-electron chi connectivity index (χ4n) is 3.07. The Balaban J connectivity index is 1.73. The lowest BCUT2D eigenvalue weighted by atomic mass is 9.97. The summed E-state index contributed by atoms with van der Waals surface area (Å²) in [5.41, 5.74) is 0.944. The largest absolute Gasteiger partial charge is 0.396 e. The number of hydrogen-bond acceptors (Lipinski definition) is 6. The van der Waals surface area contributed by atoms with Gasteiger partial charge in [0.25, 0.3) is 0 Å². The van der Waals surface area contributed by atoms with Crippen LogP contribution < -0.4 is 10.6 Å². The first-order valence-corrected chi connectivity index (χ1v) is 10.2. The quantitative estimate of drug-likeness (QED) is 0.565. The maximum Gasteiger partial charge on any atom is 0.240 e. The van der Waals surface area contributed by atoms with E-state index < -0.39 is 0 Å². The van der Waals surface area contributed by atoms with E-state index in [4.69, 9.17) is 5.11 Å². The third-order valence-corrected chi connectivity index (χ3v) is 5.64. The second kappa shape index (κ2) is 10.6. The van der Waals surface area contributed by atoms with Crippen LogP contribution in [0.3, 0.4) is 0 Å². The molecule has 3 N–H and O–H groups in total. The van der Waals surface area contributed by atoms with E-state index in [9.17, 15) is 9.59 Å². The Morgan fingerprint density at radius 2 is 2.12 bits per heavy atom. The molecule has 26 heavy (non-hydrogen) atoms. The third kappa shape index (κ3) is 6.66. The molecule has 1 aromatic heterocycles. The predicted molar refractivity (Wildman–Crippen MR) is 103 cm³/mol. The predicted octanol–water partition coefficient (Wildman–Crippen LogP) is 1.69. The summed E-state index contributed by atoms with van der Waals surface area (Å²) in [4.78, 5) is 32.0. The van der Waals surface area contributed by atoms with Crippen LogP contribution in [0.1, 0.15) is 42.7 Å². The number of unbranched alkanes of at least 4 members (excludes halogenated alkanes) is 2. The highest BCUT2D eigenvalue weighted by Crippen LogP contribution is 2.21. The van der Waals surface area contributed by atoms with Crippen molar-refractivity contribution in [3.05, 3.63) is 10.6 Å². The molecule has 146 valence electrons. The molecule has 1 aliphatic heterocycles. The average Bonchev–Trinajstić information content (AvgIpc) is 2.92. The van der Waals surface area contributed by atoms with E-state index in [-0.39, 0.29) is 30.9 Å². The van der Waals surface area contributed by atoms with Crippen LogP contribution in [0.5, 0.6) is 0 Å². The minimum Gasteiger partial charge on any atom is -0.396 e. The highest BCUT2D eigenvalue weighted by molar-refractivity contribution is 7.15. The molecule has 1 fully saturated rings. The maximum absolute atomic E-state index is 12.3. The van der Waals surface area contributed by atoms with E-state index in [0.717, 1.165) is 49.2 Å². The van der Waals surface area contributed by atoms with Gasteiger partial charge in [-0.2, -0.15) is 0 Å². The van der Waals surface area contributed by atoms with Crippen molar-refractivity contribution >= 4 is 28.3 Å². The summed E-state index contributed by atoms with van der Waals surface area (Å²) in [6.45, 7) is 6.51. The van der Waals surface area contributed by atoms with Crippen LogP contribution >= 0.6 is 11.3 Å². The Morgan fingerprint density at radius 3 is 2.81 bits per heavy atom. The molecule has 1 atom stereocenters. The molecule has 0 radical (unpaired) electrons. The van der Waals surface area contributed by atoms with E-state index in [1.807, 2.05) is 18.7 Å². The monoisotopic (exact) mass is 382 g/mol. The molecule has 0 bridgehead atoms. The van der Waals surface area contributed by atoms with Crippen LogP contribution in [0, 0.1) is 19.8 Å². The molecule has 1 unspecified atom stereocenters. The van der Waals surface area contributed by atoms with Crippen LogP contribution in [0.4, 0.5) is 5.13 Å². The molecule has 0 aromatic carbocycles. The second-order valence-electron chi connectivity index (χ2n) is 6.86. The maximum atomic E-state index is 12.3. The summed E-state index contributed by atoms with van der Waals surface area (Å²) in [6.07, 6.45) is 4.37. The Bertz CT molecular complexity index is 586. The highest BCUT2D eigenvalue weighted by atomic mass is 32.1. The Kier molecular flexibility index (Phi) is 8.47. The van der Waals surface area contributed by atoms with Crippen molar-refractivity contribution in [2.45, 2.75) is 46.0 Å². The van der Waals surface area contributed by atoms with Gasteiger partial charge in [-0.1, -0.05) is 0 Å². The number of aliphatic hydroxyl groups is 1. The van der Waals surface area contributed by atoms with Crippen LogP contribution in [0.15, 0.2) is 0 Å². The Hall–Kier alpha value is -1.51. The smallest absolute Gasteiger partial charge is 0.240 e. The van der Waals surface area contributed by atoms with Gasteiger partial charge in [-0.3, -0.25) is 14.5 Å². The second-order valence-corrected chi connectivity index (χ2v) is 8.06. The number of carbonyl (C=O) groups excluding carboxylic acids is 2. The number of aromatic nitrogens is 1. The number of nitrogens with zero attached hydrogens (tertiary/aromatic N) is 2. The van der Waals surface area contributed by atoms with Gasteiger partial charge in [0.1, 0.15) is 0 Å². The first kappa shape index (κ1) is 20.8. The fraction of sp³-hybridized carbons (Fsp3) is 0.722. The van der Waals surface area contributed by atoms with Gasteiger partial charge < -0.3 is 15.7 Å². The van der Waals surface area contributed by atoms with Gasteiger partial charge in [-0.25, -0.2) is 4.98 Å². The summed E-state index contributed by atoms with van der Waals surface area (Å²) in [6, 6.07) is 0. The van der Waals surface area contributed by atoms with Gasteiger partial charge >= 0.3 is 0 Å². The normalized spacial score (nSPS) is 17.9. The number of hydrogen-bond donors (Lipinski definition) is 3. The SMILES string of the molecule is Cc1nc(NC(=O)CN2CCCC(C(=O)NCCCCCO)C2)sc1C.